The third kappa shape index (κ3) is 2.20. The molecule has 1 amide bonds. The summed E-state index contributed by atoms with van der Waals surface area (Å²) in [7, 11) is 0. The van der Waals surface area contributed by atoms with Gasteiger partial charge in [0.25, 0.3) is 0 Å². The Balaban J connectivity index is 2.12. The van der Waals surface area contributed by atoms with Crippen LogP contribution in [0, 0.1) is 13.8 Å². The topological polar surface area (TPSA) is 73.0 Å². The molecule has 2 rings (SSSR count). The van der Waals surface area contributed by atoms with E-state index in [1.54, 1.807) is 12.4 Å². The van der Waals surface area contributed by atoms with Gasteiger partial charge in [-0.2, -0.15) is 0 Å². The van der Waals surface area contributed by atoms with Gasteiger partial charge in [0.1, 0.15) is 12.1 Å². The van der Waals surface area contributed by atoms with Gasteiger partial charge in [0.05, 0.1) is 11.7 Å². The Bertz CT molecular complexity index is 496. The van der Waals surface area contributed by atoms with Gasteiger partial charge in [0.2, 0.25) is 0 Å². The molecular formula is C11H14N4O2. The molecule has 1 unspecified atom stereocenters. The number of carbonyl (C=O) groups is 1. The predicted octanol–water partition coefficient (Wildman–Crippen LogP) is 1.81. The van der Waals surface area contributed by atoms with E-state index in [2.05, 4.69) is 15.5 Å². The number of amides is 1. The Labute approximate surface area is 98.6 Å². The number of nitrogens with zero attached hydrogens (tertiary/aromatic N) is 3. The monoisotopic (exact) mass is 234 g/mol. The molecular weight excluding hydrogens is 220 g/mol. The van der Waals surface area contributed by atoms with Gasteiger partial charge < -0.3 is 9.84 Å². The fourth-order valence-electron chi connectivity index (χ4n) is 1.82. The quantitative estimate of drug-likeness (QED) is 0.860. The zero-order valence-corrected chi connectivity index (χ0v) is 9.97. The lowest BCUT2D eigenvalue weighted by atomic mass is 10.1. The van der Waals surface area contributed by atoms with Crippen LogP contribution >= 0.6 is 0 Å². The lowest BCUT2D eigenvalue weighted by molar-refractivity contribution is 0.239. The molecule has 0 radical (unpaired) electrons. The minimum Gasteiger partial charge on any atom is -0.361 e. The maximum Gasteiger partial charge on any atom is 0.327 e. The van der Waals surface area contributed by atoms with Crippen molar-refractivity contribution >= 4 is 6.03 Å². The average molecular weight is 234 g/mol. The van der Waals surface area contributed by atoms with Crippen molar-refractivity contribution in [2.75, 3.05) is 0 Å². The van der Waals surface area contributed by atoms with Crippen molar-refractivity contribution in [3.05, 3.63) is 35.7 Å². The number of aryl methyl sites for hydroxylation is 2. The highest BCUT2D eigenvalue weighted by Gasteiger charge is 2.18. The molecule has 2 aromatic rings. The van der Waals surface area contributed by atoms with Crippen molar-refractivity contribution in [3.63, 3.8) is 0 Å². The summed E-state index contributed by atoms with van der Waals surface area (Å²) in [6.45, 7) is 5.57. The van der Waals surface area contributed by atoms with E-state index in [9.17, 15) is 4.79 Å². The Kier molecular flexibility index (Phi) is 2.95. The summed E-state index contributed by atoms with van der Waals surface area (Å²) in [5, 5.41) is 6.71. The first kappa shape index (κ1) is 11.4. The molecule has 0 spiro atoms. The second-order valence-corrected chi connectivity index (χ2v) is 3.88. The fraction of sp³-hybridized carbons (Fsp3) is 0.364. The van der Waals surface area contributed by atoms with Crippen molar-refractivity contribution in [1.29, 1.82) is 0 Å². The van der Waals surface area contributed by atoms with Crippen molar-refractivity contribution in [2.45, 2.75) is 26.8 Å². The molecule has 6 heteroatoms. The van der Waals surface area contributed by atoms with Gasteiger partial charge in [-0.15, -0.1) is 0 Å². The van der Waals surface area contributed by atoms with Gasteiger partial charge in [-0.1, -0.05) is 5.16 Å². The zero-order valence-electron chi connectivity index (χ0n) is 9.97. The highest BCUT2D eigenvalue weighted by Crippen LogP contribution is 2.20. The molecule has 0 saturated heterocycles. The van der Waals surface area contributed by atoms with Gasteiger partial charge in [-0.3, -0.25) is 4.57 Å². The van der Waals surface area contributed by atoms with Crippen molar-refractivity contribution < 1.29 is 9.32 Å². The van der Waals surface area contributed by atoms with E-state index in [1.807, 2.05) is 20.8 Å². The maximum atomic E-state index is 11.8. The van der Waals surface area contributed by atoms with Gasteiger partial charge >= 0.3 is 6.03 Å². The summed E-state index contributed by atoms with van der Waals surface area (Å²) in [5.74, 6) is 0.723. The van der Waals surface area contributed by atoms with Gasteiger partial charge in [-0.25, -0.2) is 9.78 Å². The Hall–Kier alpha value is -2.11. The molecule has 2 heterocycles. The largest absolute Gasteiger partial charge is 0.361 e. The molecule has 0 bridgehead atoms. The predicted molar refractivity (Wildman–Crippen MR) is 60.5 cm³/mol. The third-order valence-electron chi connectivity index (χ3n) is 2.60. The summed E-state index contributed by atoms with van der Waals surface area (Å²) >= 11 is 0. The minimum absolute atomic E-state index is 0.156. The number of aromatic nitrogens is 3. The molecule has 0 aliphatic heterocycles. The first-order valence-corrected chi connectivity index (χ1v) is 5.31. The van der Waals surface area contributed by atoms with Crippen LogP contribution < -0.4 is 5.32 Å². The van der Waals surface area contributed by atoms with E-state index in [0.717, 1.165) is 17.0 Å². The molecule has 0 saturated carbocycles. The normalized spacial score (nSPS) is 12.4. The molecule has 90 valence electrons. The number of carbonyl (C=O) groups excluding carboxylic acids is 1. The summed E-state index contributed by atoms with van der Waals surface area (Å²) in [6.07, 6.45) is 4.60. The van der Waals surface area contributed by atoms with E-state index < -0.39 is 0 Å². The highest BCUT2D eigenvalue weighted by molar-refractivity contribution is 5.76. The molecule has 0 fully saturated rings. The van der Waals surface area contributed by atoms with Gasteiger partial charge in [0, 0.05) is 18.0 Å². The molecule has 0 aliphatic carbocycles. The average Bonchev–Trinajstić information content (AvgIpc) is 2.88. The van der Waals surface area contributed by atoms with E-state index in [-0.39, 0.29) is 12.1 Å². The number of imidazole rings is 1. The Morgan fingerprint density at radius 3 is 2.82 bits per heavy atom. The molecule has 0 aromatic carbocycles. The standard InChI is InChI=1S/C11H14N4O2/c1-7(10-8(2)14-17-9(10)3)13-11(16)15-5-4-12-6-15/h4-7H,1-3H3,(H,13,16). The summed E-state index contributed by atoms with van der Waals surface area (Å²) in [4.78, 5) is 15.6. The molecule has 1 N–H and O–H groups in total. The van der Waals surface area contributed by atoms with Crippen LogP contribution in [0.3, 0.4) is 0 Å². The highest BCUT2D eigenvalue weighted by atomic mass is 16.5. The Morgan fingerprint density at radius 1 is 1.53 bits per heavy atom. The summed E-state index contributed by atoms with van der Waals surface area (Å²) in [5.41, 5.74) is 1.71. The Morgan fingerprint density at radius 2 is 2.29 bits per heavy atom. The van der Waals surface area contributed by atoms with Crippen LogP contribution in [0.25, 0.3) is 0 Å². The molecule has 2 aromatic heterocycles. The second kappa shape index (κ2) is 4.40. The summed E-state index contributed by atoms with van der Waals surface area (Å²) < 4.78 is 6.45. The smallest absolute Gasteiger partial charge is 0.327 e. The van der Waals surface area contributed by atoms with E-state index in [1.165, 1.54) is 10.9 Å². The lowest BCUT2D eigenvalue weighted by Crippen LogP contribution is -2.30. The fourth-order valence-corrected chi connectivity index (χ4v) is 1.82. The molecule has 6 nitrogen and oxygen atoms in total. The van der Waals surface area contributed by atoms with Crippen molar-refractivity contribution in [1.82, 2.24) is 20.0 Å². The SMILES string of the molecule is Cc1noc(C)c1C(C)NC(=O)n1ccnc1. The van der Waals surface area contributed by atoms with Crippen LogP contribution in [0.15, 0.2) is 23.2 Å². The van der Waals surface area contributed by atoms with Crippen LogP contribution in [-0.2, 0) is 0 Å². The van der Waals surface area contributed by atoms with Crippen LogP contribution in [-0.4, -0.2) is 20.7 Å². The lowest BCUT2D eigenvalue weighted by Gasteiger charge is -2.13. The number of hydrogen-bond donors (Lipinski definition) is 1. The second-order valence-electron chi connectivity index (χ2n) is 3.88. The molecule has 0 aliphatic rings. The zero-order chi connectivity index (χ0) is 12.4. The number of hydrogen-bond acceptors (Lipinski definition) is 4. The van der Waals surface area contributed by atoms with Crippen LogP contribution in [0.4, 0.5) is 4.79 Å². The first-order chi connectivity index (χ1) is 8.09. The van der Waals surface area contributed by atoms with Crippen molar-refractivity contribution in [2.24, 2.45) is 0 Å². The van der Waals surface area contributed by atoms with Gasteiger partial charge in [-0.05, 0) is 20.8 Å². The van der Waals surface area contributed by atoms with E-state index in [4.69, 9.17) is 4.52 Å². The van der Waals surface area contributed by atoms with Crippen LogP contribution in [0.5, 0.6) is 0 Å². The van der Waals surface area contributed by atoms with E-state index in [0.29, 0.717) is 0 Å². The minimum atomic E-state index is -0.227. The van der Waals surface area contributed by atoms with Crippen LogP contribution in [0.1, 0.15) is 30.0 Å². The van der Waals surface area contributed by atoms with Gasteiger partial charge in [0.15, 0.2) is 0 Å². The molecule has 17 heavy (non-hydrogen) atoms. The van der Waals surface area contributed by atoms with E-state index >= 15 is 0 Å². The van der Waals surface area contributed by atoms with Crippen LogP contribution in [0.2, 0.25) is 0 Å². The van der Waals surface area contributed by atoms with Crippen molar-refractivity contribution in [3.8, 4) is 0 Å². The third-order valence-corrected chi connectivity index (χ3v) is 2.60. The molecule has 1 atom stereocenters. The first-order valence-electron chi connectivity index (χ1n) is 5.31. The number of rotatable bonds is 2. The number of nitrogens with one attached hydrogen (secondary N) is 1. The summed E-state index contributed by atoms with van der Waals surface area (Å²) in [6, 6.07) is -0.383. The maximum absolute atomic E-state index is 11.8.